The van der Waals surface area contributed by atoms with Gasteiger partial charge in [0.05, 0.1) is 0 Å². The summed E-state index contributed by atoms with van der Waals surface area (Å²) in [5.74, 6) is 0.225. The molecule has 0 bridgehead atoms. The van der Waals surface area contributed by atoms with E-state index in [-0.39, 0.29) is 11.4 Å². The van der Waals surface area contributed by atoms with Crippen LogP contribution in [0.3, 0.4) is 0 Å². The molecule has 3 nitrogen and oxygen atoms in total. The molecule has 3 N–H and O–H groups in total. The van der Waals surface area contributed by atoms with E-state index in [1.165, 1.54) is 6.42 Å². The van der Waals surface area contributed by atoms with Gasteiger partial charge in [-0.15, -0.1) is 0 Å². The molecule has 0 aromatic carbocycles. The summed E-state index contributed by atoms with van der Waals surface area (Å²) in [6, 6.07) is 0. The lowest BCUT2D eigenvalue weighted by Crippen LogP contribution is -2.21. The van der Waals surface area contributed by atoms with Crippen molar-refractivity contribution in [3.63, 3.8) is 0 Å². The summed E-state index contributed by atoms with van der Waals surface area (Å²) in [7, 11) is 0. The normalized spacial score (nSPS) is 19.3. The van der Waals surface area contributed by atoms with Crippen LogP contribution in [0.1, 0.15) is 25.7 Å². The third kappa shape index (κ3) is 3.08. The molecule has 0 aromatic rings. The zero-order valence-corrected chi connectivity index (χ0v) is 5.44. The maximum atomic E-state index is 10.6. The molecule has 0 aromatic heterocycles. The van der Waals surface area contributed by atoms with E-state index in [2.05, 4.69) is 5.32 Å². The van der Waals surface area contributed by atoms with Crippen LogP contribution in [0.4, 0.5) is 0 Å². The van der Waals surface area contributed by atoms with E-state index in [1.807, 2.05) is 0 Å². The zero-order valence-electron chi connectivity index (χ0n) is 5.44. The van der Waals surface area contributed by atoms with Gasteiger partial charge in [0, 0.05) is 13.0 Å². The highest BCUT2D eigenvalue weighted by atomic mass is 16.1. The van der Waals surface area contributed by atoms with Crippen molar-refractivity contribution in [2.75, 3.05) is 6.54 Å². The lowest BCUT2D eigenvalue weighted by molar-refractivity contribution is -0.120. The van der Waals surface area contributed by atoms with Crippen molar-refractivity contribution in [1.82, 2.24) is 5.32 Å². The van der Waals surface area contributed by atoms with Crippen LogP contribution >= 0.6 is 0 Å². The van der Waals surface area contributed by atoms with Crippen LogP contribution < -0.4 is 5.32 Å². The fourth-order valence-electron chi connectivity index (χ4n) is 0.904. The molecule has 0 unspecified atom stereocenters. The maximum Gasteiger partial charge on any atom is 0.219 e. The highest BCUT2D eigenvalue weighted by Gasteiger charge is 2.03. The predicted molar refractivity (Wildman–Crippen MR) is 35.1 cm³/mol. The van der Waals surface area contributed by atoms with Gasteiger partial charge in [0.2, 0.25) is 5.91 Å². The number of rotatable bonds is 0. The topological polar surface area (TPSA) is 60.6 Å². The highest BCUT2D eigenvalue weighted by Crippen LogP contribution is 2.02. The molecule has 1 fully saturated rings. The van der Waals surface area contributed by atoms with Gasteiger partial charge >= 0.3 is 0 Å². The molecule has 1 saturated heterocycles. The molecule has 9 heavy (non-hydrogen) atoms. The molecule has 3 heteroatoms. The van der Waals surface area contributed by atoms with Crippen LogP contribution in [0.15, 0.2) is 0 Å². The third-order valence-electron chi connectivity index (χ3n) is 1.40. The first-order chi connectivity index (χ1) is 3.89. The fourth-order valence-corrected chi connectivity index (χ4v) is 0.904. The maximum absolute atomic E-state index is 10.6. The van der Waals surface area contributed by atoms with Gasteiger partial charge in [-0.1, -0.05) is 6.42 Å². The molecule has 0 radical (unpaired) electrons. The average molecular weight is 131 g/mol. The Bertz CT molecular complexity index is 83.1. The molecule has 1 heterocycles. The van der Waals surface area contributed by atoms with Crippen LogP contribution in [0.25, 0.3) is 0 Å². The second kappa shape index (κ2) is 4.32. The van der Waals surface area contributed by atoms with Crippen molar-refractivity contribution in [3.05, 3.63) is 0 Å². The van der Waals surface area contributed by atoms with Crippen LogP contribution in [-0.4, -0.2) is 17.9 Å². The minimum Gasteiger partial charge on any atom is -0.412 e. The monoisotopic (exact) mass is 131 g/mol. The smallest absolute Gasteiger partial charge is 0.219 e. The quantitative estimate of drug-likeness (QED) is 0.488. The van der Waals surface area contributed by atoms with Gasteiger partial charge in [0.15, 0.2) is 0 Å². The van der Waals surface area contributed by atoms with Crippen molar-refractivity contribution in [2.24, 2.45) is 0 Å². The minimum absolute atomic E-state index is 0. The summed E-state index contributed by atoms with van der Waals surface area (Å²) in [6.07, 6.45) is 4.18. The molecule has 0 aliphatic carbocycles. The van der Waals surface area contributed by atoms with Crippen LogP contribution in [0.5, 0.6) is 0 Å². The summed E-state index contributed by atoms with van der Waals surface area (Å²) >= 11 is 0. The lowest BCUT2D eigenvalue weighted by Gasteiger charge is -1.93. The van der Waals surface area contributed by atoms with E-state index >= 15 is 0 Å². The number of carbonyl (C=O) groups is 1. The van der Waals surface area contributed by atoms with Gasteiger partial charge in [-0.25, -0.2) is 0 Å². The first-order valence-electron chi connectivity index (χ1n) is 3.16. The summed E-state index contributed by atoms with van der Waals surface area (Å²) in [4.78, 5) is 10.6. The van der Waals surface area contributed by atoms with Crippen molar-refractivity contribution in [2.45, 2.75) is 25.7 Å². The number of amides is 1. The Balaban J connectivity index is 0.000000640. The van der Waals surface area contributed by atoms with E-state index < -0.39 is 0 Å². The van der Waals surface area contributed by atoms with Gasteiger partial charge in [-0.05, 0) is 12.8 Å². The zero-order chi connectivity index (χ0) is 5.82. The van der Waals surface area contributed by atoms with Crippen LogP contribution in [0, 0.1) is 0 Å². The Morgan fingerprint density at radius 3 is 2.78 bits per heavy atom. The number of hydrogen-bond donors (Lipinski definition) is 1. The number of carbonyl (C=O) groups excluding carboxylic acids is 1. The second-order valence-electron chi connectivity index (χ2n) is 2.16. The lowest BCUT2D eigenvalue weighted by atomic mass is 10.2. The molecule has 0 saturated carbocycles. The Morgan fingerprint density at radius 1 is 1.22 bits per heavy atom. The molecule has 1 aliphatic heterocycles. The second-order valence-corrected chi connectivity index (χ2v) is 2.16. The Morgan fingerprint density at radius 2 is 2.00 bits per heavy atom. The standard InChI is InChI=1S/C6H11NO.H2O/c8-6-4-2-1-3-5-7-6;/h1-5H2,(H,7,8);1H2. The van der Waals surface area contributed by atoms with Gasteiger partial charge in [0.1, 0.15) is 0 Å². The number of nitrogens with one attached hydrogen (secondary N) is 1. The first kappa shape index (κ1) is 8.43. The summed E-state index contributed by atoms with van der Waals surface area (Å²) in [5.41, 5.74) is 0. The molecular weight excluding hydrogens is 118 g/mol. The SMILES string of the molecule is O.O=C1CCCCCN1. The molecule has 1 rings (SSSR count). The van der Waals surface area contributed by atoms with Gasteiger partial charge in [-0.2, -0.15) is 0 Å². The predicted octanol–water partition coefficient (Wildman–Crippen LogP) is -0.148. The molecule has 1 aliphatic rings. The van der Waals surface area contributed by atoms with Crippen LogP contribution in [-0.2, 0) is 4.79 Å². The fraction of sp³-hybridized carbons (Fsp3) is 0.833. The average Bonchev–Trinajstić information content (AvgIpc) is 1.94. The Kier molecular flexibility index (Phi) is 4.05. The molecule has 0 atom stereocenters. The third-order valence-corrected chi connectivity index (χ3v) is 1.40. The van der Waals surface area contributed by atoms with E-state index in [0.29, 0.717) is 0 Å². The molecule has 54 valence electrons. The van der Waals surface area contributed by atoms with E-state index in [4.69, 9.17) is 0 Å². The van der Waals surface area contributed by atoms with Crippen LogP contribution in [0.2, 0.25) is 0 Å². The van der Waals surface area contributed by atoms with Gasteiger partial charge in [0.25, 0.3) is 0 Å². The largest absolute Gasteiger partial charge is 0.412 e. The molecule has 1 amide bonds. The number of hydrogen-bond acceptors (Lipinski definition) is 1. The summed E-state index contributed by atoms with van der Waals surface area (Å²) in [6.45, 7) is 0.888. The van der Waals surface area contributed by atoms with E-state index in [9.17, 15) is 4.79 Å². The van der Waals surface area contributed by atoms with Crippen molar-refractivity contribution >= 4 is 5.91 Å². The minimum atomic E-state index is 0. The summed E-state index contributed by atoms with van der Waals surface area (Å²) < 4.78 is 0. The Labute approximate surface area is 54.8 Å². The van der Waals surface area contributed by atoms with Crippen molar-refractivity contribution in [1.29, 1.82) is 0 Å². The molecule has 0 spiro atoms. The Hall–Kier alpha value is -0.570. The van der Waals surface area contributed by atoms with Crippen molar-refractivity contribution in [3.8, 4) is 0 Å². The van der Waals surface area contributed by atoms with E-state index in [1.54, 1.807) is 0 Å². The van der Waals surface area contributed by atoms with Crippen molar-refractivity contribution < 1.29 is 10.3 Å². The van der Waals surface area contributed by atoms with E-state index in [0.717, 1.165) is 25.8 Å². The summed E-state index contributed by atoms with van der Waals surface area (Å²) in [5, 5.41) is 2.81. The highest BCUT2D eigenvalue weighted by molar-refractivity contribution is 5.75. The first-order valence-corrected chi connectivity index (χ1v) is 3.16. The molecular formula is C6H13NO2. The van der Waals surface area contributed by atoms with Gasteiger partial charge in [-0.3, -0.25) is 4.79 Å². The van der Waals surface area contributed by atoms with Gasteiger partial charge < -0.3 is 10.8 Å².